The topological polar surface area (TPSA) is 61.5 Å². The average molecular weight is 329 g/mol. The molecule has 0 fully saturated rings. The predicted octanol–water partition coefficient (Wildman–Crippen LogP) is 4.01. The Morgan fingerprint density at radius 2 is 1.62 bits per heavy atom. The van der Waals surface area contributed by atoms with Gasteiger partial charge in [-0.05, 0) is 46.9 Å². The Bertz CT molecular complexity index is 714. The van der Waals surface area contributed by atoms with Gasteiger partial charge in [0.25, 0.3) is 0 Å². The van der Waals surface area contributed by atoms with Crippen molar-refractivity contribution in [3.63, 3.8) is 0 Å². The van der Waals surface area contributed by atoms with E-state index in [1.807, 2.05) is 30.3 Å². The molecule has 0 atom stereocenters. The van der Waals surface area contributed by atoms with Crippen LogP contribution in [-0.2, 0) is 4.74 Å². The number of methoxy groups -OCH3 is 1. The molecule has 4 nitrogen and oxygen atoms in total. The van der Waals surface area contributed by atoms with Crippen molar-refractivity contribution in [2.24, 2.45) is 17.6 Å². The molecular weight excluding hydrogens is 302 g/mol. The highest BCUT2D eigenvalue weighted by molar-refractivity contribution is 5.95. The van der Waals surface area contributed by atoms with Gasteiger partial charge in [0, 0.05) is 6.54 Å². The van der Waals surface area contributed by atoms with Crippen molar-refractivity contribution in [3.8, 4) is 5.75 Å². The van der Waals surface area contributed by atoms with Crippen molar-refractivity contribution in [2.75, 3.05) is 13.7 Å². The lowest BCUT2D eigenvalue weighted by Crippen LogP contribution is -2.52. The van der Waals surface area contributed by atoms with Crippen molar-refractivity contribution in [3.05, 3.63) is 42.0 Å². The van der Waals surface area contributed by atoms with E-state index in [1.165, 1.54) is 7.11 Å². The summed E-state index contributed by atoms with van der Waals surface area (Å²) in [5, 5.41) is 1.98. The second-order valence-corrected chi connectivity index (χ2v) is 6.79. The Labute approximate surface area is 143 Å². The fraction of sp³-hybridized carbons (Fsp3) is 0.450. The molecule has 0 aliphatic carbocycles. The lowest BCUT2D eigenvalue weighted by Gasteiger charge is -2.40. The van der Waals surface area contributed by atoms with Gasteiger partial charge in [-0.1, -0.05) is 39.8 Å². The number of esters is 1. The molecule has 0 aliphatic heterocycles. The zero-order valence-electron chi connectivity index (χ0n) is 15.1. The van der Waals surface area contributed by atoms with Crippen molar-refractivity contribution >= 4 is 16.7 Å². The SMILES string of the molecule is COC(=O)c1ccc2cc(OC(CN)(C(C)C)C(C)C)ccc2c1. The molecule has 0 saturated heterocycles. The van der Waals surface area contributed by atoms with Gasteiger partial charge in [-0.25, -0.2) is 4.79 Å². The number of ether oxygens (including phenoxy) is 2. The highest BCUT2D eigenvalue weighted by Gasteiger charge is 2.38. The summed E-state index contributed by atoms with van der Waals surface area (Å²) in [6.45, 7) is 9.00. The standard InChI is InChI=1S/C20H27NO3/c1-13(2)20(12-21,14(3)4)24-18-9-8-15-10-17(19(22)23-5)7-6-16(15)11-18/h6-11,13-14H,12,21H2,1-5H3. The van der Waals surface area contributed by atoms with E-state index in [0.29, 0.717) is 23.9 Å². The zero-order chi connectivity index (χ0) is 17.9. The van der Waals surface area contributed by atoms with E-state index in [1.54, 1.807) is 6.07 Å². The van der Waals surface area contributed by atoms with Crippen LogP contribution in [0, 0.1) is 11.8 Å². The first-order valence-corrected chi connectivity index (χ1v) is 8.35. The normalized spacial score (nSPS) is 12.0. The number of benzene rings is 2. The molecule has 0 radical (unpaired) electrons. The van der Waals surface area contributed by atoms with Crippen LogP contribution in [0.1, 0.15) is 38.1 Å². The molecular formula is C20H27NO3. The van der Waals surface area contributed by atoms with Gasteiger partial charge in [-0.2, -0.15) is 0 Å². The van der Waals surface area contributed by atoms with Crippen LogP contribution in [0.3, 0.4) is 0 Å². The Morgan fingerprint density at radius 1 is 1.04 bits per heavy atom. The van der Waals surface area contributed by atoms with Crippen LogP contribution in [0.4, 0.5) is 0 Å². The van der Waals surface area contributed by atoms with Crippen LogP contribution in [-0.4, -0.2) is 25.2 Å². The molecule has 2 rings (SSSR count). The van der Waals surface area contributed by atoms with Gasteiger partial charge in [0.1, 0.15) is 11.4 Å². The largest absolute Gasteiger partial charge is 0.485 e. The average Bonchev–Trinajstić information content (AvgIpc) is 2.57. The van der Waals surface area contributed by atoms with Gasteiger partial charge in [-0.3, -0.25) is 0 Å². The number of carbonyl (C=O) groups excluding carboxylic acids is 1. The van der Waals surface area contributed by atoms with Crippen LogP contribution < -0.4 is 10.5 Å². The summed E-state index contributed by atoms with van der Waals surface area (Å²) in [6, 6.07) is 11.4. The fourth-order valence-electron chi connectivity index (χ4n) is 3.17. The minimum Gasteiger partial charge on any atom is -0.485 e. The van der Waals surface area contributed by atoms with E-state index in [0.717, 1.165) is 16.5 Å². The minimum absolute atomic E-state index is 0.292. The molecule has 0 unspecified atom stereocenters. The van der Waals surface area contributed by atoms with Gasteiger partial charge < -0.3 is 15.2 Å². The number of nitrogens with two attached hydrogens (primary N) is 1. The summed E-state index contributed by atoms with van der Waals surface area (Å²) in [5.41, 5.74) is 6.20. The van der Waals surface area contributed by atoms with Crippen LogP contribution in [0.15, 0.2) is 36.4 Å². The summed E-state index contributed by atoms with van der Waals surface area (Å²) < 4.78 is 11.1. The molecule has 0 heterocycles. The zero-order valence-corrected chi connectivity index (χ0v) is 15.1. The Kier molecular flexibility index (Phi) is 5.50. The first-order valence-electron chi connectivity index (χ1n) is 8.35. The smallest absolute Gasteiger partial charge is 0.337 e. The number of carbonyl (C=O) groups is 1. The van der Waals surface area contributed by atoms with Gasteiger partial charge in [-0.15, -0.1) is 0 Å². The van der Waals surface area contributed by atoms with Crippen molar-refractivity contribution in [1.29, 1.82) is 0 Å². The van der Waals surface area contributed by atoms with Crippen molar-refractivity contribution in [1.82, 2.24) is 0 Å². The number of fused-ring (bicyclic) bond motifs is 1. The van der Waals surface area contributed by atoms with Crippen molar-refractivity contribution < 1.29 is 14.3 Å². The summed E-state index contributed by atoms with van der Waals surface area (Å²) in [7, 11) is 1.38. The van der Waals surface area contributed by atoms with Gasteiger partial charge in [0.15, 0.2) is 0 Å². The summed E-state index contributed by atoms with van der Waals surface area (Å²) in [4.78, 5) is 11.6. The maximum absolute atomic E-state index is 11.6. The van der Waals surface area contributed by atoms with E-state index in [2.05, 4.69) is 27.7 Å². The Hall–Kier alpha value is -2.07. The van der Waals surface area contributed by atoms with Crippen LogP contribution >= 0.6 is 0 Å². The lowest BCUT2D eigenvalue weighted by atomic mass is 9.80. The predicted molar refractivity (Wildman–Crippen MR) is 97.4 cm³/mol. The number of hydrogen-bond acceptors (Lipinski definition) is 4. The number of rotatable bonds is 6. The molecule has 2 aromatic carbocycles. The Balaban J connectivity index is 2.38. The van der Waals surface area contributed by atoms with Gasteiger partial charge in [0.05, 0.1) is 12.7 Å². The molecule has 2 aromatic rings. The maximum atomic E-state index is 11.6. The van der Waals surface area contributed by atoms with Crippen LogP contribution in [0.2, 0.25) is 0 Å². The molecule has 2 N–H and O–H groups in total. The molecule has 0 bridgehead atoms. The molecule has 24 heavy (non-hydrogen) atoms. The Morgan fingerprint density at radius 3 is 2.17 bits per heavy atom. The third kappa shape index (κ3) is 3.39. The first-order chi connectivity index (χ1) is 11.3. The summed E-state index contributed by atoms with van der Waals surface area (Å²) >= 11 is 0. The maximum Gasteiger partial charge on any atom is 0.337 e. The highest BCUT2D eigenvalue weighted by Crippen LogP contribution is 2.33. The van der Waals surface area contributed by atoms with Gasteiger partial charge >= 0.3 is 5.97 Å². The molecule has 0 aromatic heterocycles. The summed E-state index contributed by atoms with van der Waals surface area (Å²) in [5.74, 6) is 1.04. The van der Waals surface area contributed by atoms with Gasteiger partial charge in [0.2, 0.25) is 0 Å². The second-order valence-electron chi connectivity index (χ2n) is 6.79. The third-order valence-electron chi connectivity index (χ3n) is 4.81. The molecule has 0 amide bonds. The minimum atomic E-state index is -0.403. The van der Waals surface area contributed by atoms with Crippen LogP contribution in [0.25, 0.3) is 10.8 Å². The van der Waals surface area contributed by atoms with Crippen LogP contribution in [0.5, 0.6) is 5.75 Å². The van der Waals surface area contributed by atoms with Crippen molar-refractivity contribution in [2.45, 2.75) is 33.3 Å². The first kappa shape index (κ1) is 18.3. The molecule has 130 valence electrons. The van der Waals surface area contributed by atoms with E-state index >= 15 is 0 Å². The molecule has 0 spiro atoms. The highest BCUT2D eigenvalue weighted by atomic mass is 16.5. The van der Waals surface area contributed by atoms with E-state index in [9.17, 15) is 4.79 Å². The number of hydrogen-bond donors (Lipinski definition) is 1. The molecule has 4 heteroatoms. The molecule has 0 saturated carbocycles. The monoisotopic (exact) mass is 329 g/mol. The summed E-state index contributed by atoms with van der Waals surface area (Å²) in [6.07, 6.45) is 0. The fourth-order valence-corrected chi connectivity index (χ4v) is 3.17. The quantitative estimate of drug-likeness (QED) is 0.813. The third-order valence-corrected chi connectivity index (χ3v) is 4.81. The van der Waals surface area contributed by atoms with E-state index < -0.39 is 5.60 Å². The lowest BCUT2D eigenvalue weighted by molar-refractivity contribution is -0.0125. The van der Waals surface area contributed by atoms with E-state index in [4.69, 9.17) is 15.2 Å². The molecule has 0 aliphatic rings. The second kappa shape index (κ2) is 7.22. The van der Waals surface area contributed by atoms with E-state index in [-0.39, 0.29) is 5.97 Å².